The molecule has 5 rings (SSSR count). The molecule has 1 amide bonds. The van der Waals surface area contributed by atoms with Crippen LogP contribution >= 0.6 is 0 Å². The van der Waals surface area contributed by atoms with E-state index < -0.39 is 6.61 Å². The van der Waals surface area contributed by atoms with Gasteiger partial charge in [-0.25, -0.2) is 9.97 Å². The predicted octanol–water partition coefficient (Wildman–Crippen LogP) is 4.02. The second-order valence-corrected chi connectivity index (χ2v) is 8.69. The summed E-state index contributed by atoms with van der Waals surface area (Å²) in [6.07, 6.45) is 2.40. The number of hydrogen-bond donors (Lipinski definition) is 1. The van der Waals surface area contributed by atoms with E-state index in [1.807, 2.05) is 0 Å². The van der Waals surface area contributed by atoms with Crippen molar-refractivity contribution in [2.75, 3.05) is 11.5 Å². The van der Waals surface area contributed by atoms with E-state index in [0.29, 0.717) is 52.4 Å². The topological polar surface area (TPSA) is 114 Å². The highest BCUT2D eigenvalue weighted by atomic mass is 19.3. The highest BCUT2D eigenvalue weighted by Crippen LogP contribution is 2.29. The number of carbonyl (C=O) groups is 1. The van der Waals surface area contributed by atoms with Gasteiger partial charge in [-0.15, -0.1) is 0 Å². The third kappa shape index (κ3) is 5.12. The first-order valence-corrected chi connectivity index (χ1v) is 11.9. The average Bonchev–Trinajstić information content (AvgIpc) is 3.47. The number of nitrogens with zero attached hydrogens (tertiary/aromatic N) is 5. The molecule has 1 unspecified atom stereocenters. The quantitative estimate of drug-likeness (QED) is 0.355. The van der Waals surface area contributed by atoms with E-state index in [4.69, 9.17) is 9.47 Å². The number of hydrogen-bond acceptors (Lipinski definition) is 7. The van der Waals surface area contributed by atoms with Crippen LogP contribution in [0.4, 0.5) is 14.6 Å². The number of alkyl halides is 2. The first kappa shape index (κ1) is 25.1. The minimum Gasteiger partial charge on any atom is -0.485 e. The first-order chi connectivity index (χ1) is 18.5. The van der Waals surface area contributed by atoms with Crippen molar-refractivity contribution < 1.29 is 28.2 Å². The van der Waals surface area contributed by atoms with E-state index in [1.165, 1.54) is 17.2 Å². The number of pyridine rings is 1. The molecule has 3 heterocycles. The molecular weight excluding hydrogens is 496 g/mol. The summed E-state index contributed by atoms with van der Waals surface area (Å²) in [5.74, 6) is 1.23. The van der Waals surface area contributed by atoms with Crippen LogP contribution in [0.1, 0.15) is 29.8 Å². The minimum atomic E-state index is -2.97. The Morgan fingerprint density at radius 2 is 2.03 bits per heavy atom. The molecule has 0 spiro atoms. The number of carbonyl (C=O) groups excluding carboxylic acids is 1. The fourth-order valence-electron chi connectivity index (χ4n) is 4.54. The monoisotopic (exact) mass is 519 g/mol. The van der Waals surface area contributed by atoms with E-state index in [-0.39, 0.29) is 37.5 Å². The lowest BCUT2D eigenvalue weighted by Crippen LogP contribution is -2.35. The number of aliphatic hydroxyl groups excluding tert-OH is 1. The smallest absolute Gasteiger partial charge is 0.387 e. The predicted molar refractivity (Wildman–Crippen MR) is 133 cm³/mol. The molecular formula is C27H23F2N5O4. The summed E-state index contributed by atoms with van der Waals surface area (Å²) in [5, 5.41) is 19.0. The van der Waals surface area contributed by atoms with Gasteiger partial charge in [0.1, 0.15) is 29.7 Å². The fourth-order valence-corrected chi connectivity index (χ4v) is 4.54. The van der Waals surface area contributed by atoms with Gasteiger partial charge in [-0.3, -0.25) is 9.69 Å². The number of anilines is 1. The third-order valence-electron chi connectivity index (χ3n) is 6.34. The number of imidazole rings is 1. The van der Waals surface area contributed by atoms with Gasteiger partial charge in [0.25, 0.3) is 0 Å². The maximum absolute atomic E-state index is 13.0. The number of nitriles is 1. The number of rotatable bonds is 9. The fraction of sp³-hybridized carbons (Fsp3) is 0.259. The lowest BCUT2D eigenvalue weighted by atomic mass is 10.2. The van der Waals surface area contributed by atoms with Gasteiger partial charge in [0.15, 0.2) is 0 Å². The largest absolute Gasteiger partial charge is 0.485 e. The van der Waals surface area contributed by atoms with Crippen molar-refractivity contribution in [1.82, 2.24) is 14.5 Å². The van der Waals surface area contributed by atoms with E-state index in [2.05, 4.69) is 16.0 Å². The van der Waals surface area contributed by atoms with Crippen LogP contribution in [0.5, 0.6) is 11.5 Å². The van der Waals surface area contributed by atoms with Gasteiger partial charge < -0.3 is 19.1 Å². The lowest BCUT2D eigenvalue weighted by molar-refractivity contribution is -0.117. The van der Waals surface area contributed by atoms with Crippen molar-refractivity contribution in [2.45, 2.75) is 38.6 Å². The molecule has 2 aromatic carbocycles. The molecule has 1 atom stereocenters. The second kappa shape index (κ2) is 10.8. The Morgan fingerprint density at radius 1 is 1.18 bits per heavy atom. The normalized spacial score (nSPS) is 15.3. The van der Waals surface area contributed by atoms with Crippen molar-refractivity contribution in [3.05, 3.63) is 77.7 Å². The summed E-state index contributed by atoms with van der Waals surface area (Å²) in [6, 6.07) is 16.6. The Kier molecular flexibility index (Phi) is 7.15. The van der Waals surface area contributed by atoms with Crippen LogP contribution in [0.25, 0.3) is 11.0 Å². The van der Waals surface area contributed by atoms with Crippen molar-refractivity contribution in [2.24, 2.45) is 0 Å². The molecule has 2 aromatic heterocycles. The van der Waals surface area contributed by atoms with Gasteiger partial charge in [0.05, 0.1) is 41.9 Å². The van der Waals surface area contributed by atoms with E-state index in [0.717, 1.165) is 0 Å². The number of amides is 1. The summed E-state index contributed by atoms with van der Waals surface area (Å²) in [7, 11) is 0. The zero-order valence-electron chi connectivity index (χ0n) is 20.1. The highest BCUT2D eigenvalue weighted by molar-refractivity contribution is 5.95. The molecule has 9 nitrogen and oxygen atoms in total. The van der Waals surface area contributed by atoms with E-state index in [9.17, 15) is 23.9 Å². The SMILES string of the molecule is N#Cc1ccc2nc(COc3ccnc(N4C(=O)CCC4CO)c3)n(Cc3ccccc3OC(F)F)c2c1. The van der Waals surface area contributed by atoms with Gasteiger partial charge in [-0.1, -0.05) is 18.2 Å². The van der Waals surface area contributed by atoms with Crippen molar-refractivity contribution in [3.8, 4) is 17.6 Å². The average molecular weight is 520 g/mol. The van der Waals surface area contributed by atoms with Crippen molar-refractivity contribution >= 4 is 22.8 Å². The van der Waals surface area contributed by atoms with Gasteiger partial charge in [0.2, 0.25) is 5.91 Å². The number of ether oxygens (including phenoxy) is 2. The number of aromatic nitrogens is 3. The van der Waals surface area contributed by atoms with E-state index in [1.54, 1.807) is 53.1 Å². The maximum atomic E-state index is 13.0. The van der Waals surface area contributed by atoms with Crippen molar-refractivity contribution in [3.63, 3.8) is 0 Å². The molecule has 0 aliphatic carbocycles. The zero-order chi connectivity index (χ0) is 26.6. The Bertz CT molecular complexity index is 1520. The second-order valence-electron chi connectivity index (χ2n) is 8.69. The number of fused-ring (bicyclic) bond motifs is 1. The maximum Gasteiger partial charge on any atom is 0.387 e. The molecule has 1 aliphatic rings. The van der Waals surface area contributed by atoms with Crippen LogP contribution in [-0.2, 0) is 17.9 Å². The zero-order valence-corrected chi connectivity index (χ0v) is 20.1. The number of halogens is 2. The Morgan fingerprint density at radius 3 is 2.82 bits per heavy atom. The molecule has 4 aromatic rings. The molecule has 1 N–H and O–H groups in total. The highest BCUT2D eigenvalue weighted by Gasteiger charge is 2.32. The Hall–Kier alpha value is -4.56. The number of benzene rings is 2. The first-order valence-electron chi connectivity index (χ1n) is 11.9. The molecule has 1 aliphatic heterocycles. The number of aliphatic hydroxyl groups is 1. The van der Waals surface area contributed by atoms with Gasteiger partial charge in [-0.05, 0) is 36.8 Å². The van der Waals surface area contributed by atoms with Crippen molar-refractivity contribution in [1.29, 1.82) is 5.26 Å². The summed E-state index contributed by atoms with van der Waals surface area (Å²) in [4.78, 5) is 22.7. The molecule has 38 heavy (non-hydrogen) atoms. The van der Waals surface area contributed by atoms with Crippen LogP contribution < -0.4 is 14.4 Å². The standard InChI is InChI=1S/C27H23F2N5O4/c28-27(29)38-23-4-2-1-3-18(23)14-33-22-11-17(13-30)5-7-21(22)32-25(33)16-37-20-9-10-31-24(12-20)34-19(15-35)6-8-26(34)36/h1-5,7,9-12,19,27,35H,6,8,14-16H2. The summed E-state index contributed by atoms with van der Waals surface area (Å²) in [5.41, 5.74) is 2.18. The molecule has 1 fully saturated rings. The molecule has 194 valence electrons. The summed E-state index contributed by atoms with van der Waals surface area (Å²) >= 11 is 0. The van der Waals surface area contributed by atoms with Crippen LogP contribution in [0.2, 0.25) is 0 Å². The Labute approximate surface area is 216 Å². The molecule has 0 saturated carbocycles. The van der Waals surface area contributed by atoms with Crippen LogP contribution in [0.15, 0.2) is 60.8 Å². The molecule has 1 saturated heterocycles. The molecule has 0 bridgehead atoms. The van der Waals surface area contributed by atoms with Crippen LogP contribution in [0.3, 0.4) is 0 Å². The lowest BCUT2D eigenvalue weighted by Gasteiger charge is -2.22. The van der Waals surface area contributed by atoms with Gasteiger partial charge in [0, 0.05) is 24.2 Å². The molecule has 11 heteroatoms. The third-order valence-corrected chi connectivity index (χ3v) is 6.34. The Balaban J connectivity index is 1.46. The van der Waals surface area contributed by atoms with Gasteiger partial charge in [-0.2, -0.15) is 14.0 Å². The molecule has 0 radical (unpaired) electrons. The van der Waals surface area contributed by atoms with Crippen LogP contribution in [-0.4, -0.2) is 44.8 Å². The van der Waals surface area contributed by atoms with E-state index >= 15 is 0 Å². The minimum absolute atomic E-state index is 0.00919. The number of para-hydroxylation sites is 1. The van der Waals surface area contributed by atoms with Crippen LogP contribution in [0, 0.1) is 11.3 Å². The van der Waals surface area contributed by atoms with Gasteiger partial charge >= 0.3 is 6.61 Å². The summed E-state index contributed by atoms with van der Waals surface area (Å²) in [6.45, 7) is -2.98. The summed E-state index contributed by atoms with van der Waals surface area (Å²) < 4.78 is 38.5.